The zero-order valence-electron chi connectivity index (χ0n) is 15.7. The van der Waals surface area contributed by atoms with Crippen LogP contribution >= 0.6 is 0 Å². The number of nitrogens with zero attached hydrogens (tertiary/aromatic N) is 1. The van der Waals surface area contributed by atoms with Gasteiger partial charge < -0.3 is 14.8 Å². The van der Waals surface area contributed by atoms with E-state index in [4.69, 9.17) is 9.47 Å². The van der Waals surface area contributed by atoms with Gasteiger partial charge in [-0.05, 0) is 18.9 Å². The van der Waals surface area contributed by atoms with Crippen molar-refractivity contribution in [2.45, 2.75) is 38.1 Å². The molecule has 6 nitrogen and oxygen atoms in total. The second-order valence-electron chi connectivity index (χ2n) is 6.61. The number of pyridine rings is 1. The summed E-state index contributed by atoms with van der Waals surface area (Å²) in [7, 11) is 2.58. The molecule has 1 aromatic carbocycles. The lowest BCUT2D eigenvalue weighted by molar-refractivity contribution is 0.0555. The van der Waals surface area contributed by atoms with Crippen molar-refractivity contribution in [1.82, 2.24) is 4.98 Å². The van der Waals surface area contributed by atoms with Crippen molar-refractivity contribution >= 4 is 17.8 Å². The third kappa shape index (κ3) is 4.27. The van der Waals surface area contributed by atoms with Gasteiger partial charge in [0.15, 0.2) is 0 Å². The Bertz CT molecular complexity index is 814. The van der Waals surface area contributed by atoms with Crippen molar-refractivity contribution < 1.29 is 19.1 Å². The third-order valence-corrected chi connectivity index (χ3v) is 4.83. The Labute approximate surface area is 158 Å². The molecule has 1 aliphatic rings. The maximum Gasteiger partial charge on any atom is 0.342 e. The van der Waals surface area contributed by atoms with Crippen LogP contribution in [0.15, 0.2) is 36.4 Å². The second kappa shape index (κ2) is 8.66. The van der Waals surface area contributed by atoms with E-state index in [-0.39, 0.29) is 17.2 Å². The Morgan fingerprint density at radius 2 is 1.67 bits per heavy atom. The van der Waals surface area contributed by atoms with Crippen molar-refractivity contribution in [3.8, 4) is 11.3 Å². The molecule has 0 unspecified atom stereocenters. The van der Waals surface area contributed by atoms with E-state index >= 15 is 0 Å². The molecule has 0 spiro atoms. The molecule has 0 saturated heterocycles. The molecule has 2 aromatic rings. The van der Waals surface area contributed by atoms with Gasteiger partial charge in [-0.25, -0.2) is 14.6 Å². The standard InChI is InChI=1S/C21H24N2O4/c1-26-20(24)16-13-17(14-9-5-3-6-10-14)23-19(18(16)21(25)27-2)22-15-11-7-4-8-12-15/h3,5-6,9-10,13,15H,4,7-8,11-12H2,1-2H3,(H,22,23). The normalized spacial score (nSPS) is 14.4. The van der Waals surface area contributed by atoms with Gasteiger partial charge in [0.25, 0.3) is 0 Å². The lowest BCUT2D eigenvalue weighted by atomic mass is 9.95. The van der Waals surface area contributed by atoms with Crippen LogP contribution in [0.1, 0.15) is 52.8 Å². The average Bonchev–Trinajstić information content (AvgIpc) is 2.73. The Hall–Kier alpha value is -2.89. The summed E-state index contributed by atoms with van der Waals surface area (Å²) < 4.78 is 9.83. The smallest absolute Gasteiger partial charge is 0.342 e. The number of carbonyl (C=O) groups is 2. The fourth-order valence-electron chi connectivity index (χ4n) is 3.43. The van der Waals surface area contributed by atoms with Crippen LogP contribution in [0.2, 0.25) is 0 Å². The van der Waals surface area contributed by atoms with Crippen molar-refractivity contribution in [1.29, 1.82) is 0 Å². The van der Waals surface area contributed by atoms with Gasteiger partial charge in [-0.1, -0.05) is 49.6 Å². The number of aromatic nitrogens is 1. The first-order valence-corrected chi connectivity index (χ1v) is 9.17. The van der Waals surface area contributed by atoms with E-state index in [9.17, 15) is 9.59 Å². The van der Waals surface area contributed by atoms with E-state index in [1.165, 1.54) is 20.6 Å². The molecule has 1 fully saturated rings. The number of benzene rings is 1. The van der Waals surface area contributed by atoms with Gasteiger partial charge in [0.05, 0.1) is 25.5 Å². The van der Waals surface area contributed by atoms with Gasteiger partial charge in [0.2, 0.25) is 0 Å². The van der Waals surface area contributed by atoms with E-state index in [0.29, 0.717) is 11.5 Å². The van der Waals surface area contributed by atoms with Crippen LogP contribution in [0.5, 0.6) is 0 Å². The molecule has 1 aliphatic carbocycles. The number of ether oxygens (including phenoxy) is 2. The molecular formula is C21H24N2O4. The molecule has 27 heavy (non-hydrogen) atoms. The molecular weight excluding hydrogens is 344 g/mol. The molecule has 0 bridgehead atoms. The lowest BCUT2D eigenvalue weighted by Crippen LogP contribution is -2.26. The minimum atomic E-state index is -0.610. The topological polar surface area (TPSA) is 77.5 Å². The molecule has 3 rings (SSSR count). The number of hydrogen-bond donors (Lipinski definition) is 1. The minimum Gasteiger partial charge on any atom is -0.465 e. The average molecular weight is 368 g/mol. The Morgan fingerprint density at radius 3 is 2.30 bits per heavy atom. The van der Waals surface area contributed by atoms with Crippen LogP contribution in [-0.4, -0.2) is 37.2 Å². The maximum absolute atomic E-state index is 12.5. The predicted octanol–water partition coefficient (Wildman–Crippen LogP) is 4.07. The molecule has 1 saturated carbocycles. The number of anilines is 1. The van der Waals surface area contributed by atoms with Crippen molar-refractivity contribution in [2.75, 3.05) is 19.5 Å². The highest BCUT2D eigenvalue weighted by Crippen LogP contribution is 2.29. The highest BCUT2D eigenvalue weighted by atomic mass is 16.5. The number of esters is 2. The molecule has 1 heterocycles. The van der Waals surface area contributed by atoms with Crippen molar-refractivity contribution in [2.24, 2.45) is 0 Å². The number of carbonyl (C=O) groups excluding carboxylic acids is 2. The van der Waals surface area contributed by atoms with Gasteiger partial charge in [-0.2, -0.15) is 0 Å². The summed E-state index contributed by atoms with van der Waals surface area (Å²) in [6.07, 6.45) is 5.49. The maximum atomic E-state index is 12.5. The van der Waals surface area contributed by atoms with Gasteiger partial charge in [-0.15, -0.1) is 0 Å². The summed E-state index contributed by atoms with van der Waals surface area (Å²) >= 11 is 0. The number of methoxy groups -OCH3 is 2. The summed E-state index contributed by atoms with van der Waals surface area (Å²) in [6.45, 7) is 0. The van der Waals surface area contributed by atoms with Gasteiger partial charge in [0, 0.05) is 11.6 Å². The highest BCUT2D eigenvalue weighted by Gasteiger charge is 2.27. The molecule has 1 aromatic heterocycles. The molecule has 6 heteroatoms. The Kier molecular flexibility index (Phi) is 6.06. The summed E-state index contributed by atoms with van der Waals surface area (Å²) in [5, 5.41) is 3.37. The zero-order chi connectivity index (χ0) is 19.2. The van der Waals surface area contributed by atoms with Gasteiger partial charge in [0.1, 0.15) is 11.4 Å². The summed E-state index contributed by atoms with van der Waals surface area (Å²) in [4.78, 5) is 29.5. The first-order chi connectivity index (χ1) is 13.1. The quantitative estimate of drug-likeness (QED) is 0.802. The van der Waals surface area contributed by atoms with E-state index in [1.807, 2.05) is 30.3 Å². The van der Waals surface area contributed by atoms with Crippen LogP contribution in [0.3, 0.4) is 0 Å². The number of nitrogens with one attached hydrogen (secondary N) is 1. The number of hydrogen-bond acceptors (Lipinski definition) is 6. The van der Waals surface area contributed by atoms with Gasteiger partial charge >= 0.3 is 11.9 Å². The summed E-state index contributed by atoms with van der Waals surface area (Å²) in [5.74, 6) is -0.835. The van der Waals surface area contributed by atoms with Crippen molar-refractivity contribution in [3.05, 3.63) is 47.5 Å². The van der Waals surface area contributed by atoms with E-state index in [2.05, 4.69) is 10.3 Å². The second-order valence-corrected chi connectivity index (χ2v) is 6.61. The van der Waals surface area contributed by atoms with Crippen LogP contribution in [0.25, 0.3) is 11.3 Å². The van der Waals surface area contributed by atoms with E-state index < -0.39 is 11.9 Å². The largest absolute Gasteiger partial charge is 0.465 e. The summed E-state index contributed by atoms with van der Waals surface area (Å²) in [5.41, 5.74) is 1.72. The van der Waals surface area contributed by atoms with Gasteiger partial charge in [-0.3, -0.25) is 0 Å². The molecule has 0 amide bonds. The third-order valence-electron chi connectivity index (χ3n) is 4.83. The Balaban J connectivity index is 2.13. The SMILES string of the molecule is COC(=O)c1cc(-c2ccccc2)nc(NC2CCCCC2)c1C(=O)OC. The molecule has 0 atom stereocenters. The predicted molar refractivity (Wildman–Crippen MR) is 103 cm³/mol. The zero-order valence-corrected chi connectivity index (χ0v) is 15.7. The molecule has 0 radical (unpaired) electrons. The molecule has 1 N–H and O–H groups in total. The molecule has 142 valence electrons. The first-order valence-electron chi connectivity index (χ1n) is 9.17. The summed E-state index contributed by atoms with van der Waals surface area (Å²) in [6, 6.07) is 11.3. The van der Waals surface area contributed by atoms with Crippen LogP contribution in [0.4, 0.5) is 5.82 Å². The van der Waals surface area contributed by atoms with Crippen LogP contribution in [-0.2, 0) is 9.47 Å². The van der Waals surface area contributed by atoms with Crippen LogP contribution in [0, 0.1) is 0 Å². The fourth-order valence-corrected chi connectivity index (χ4v) is 3.43. The number of rotatable bonds is 5. The Morgan fingerprint density at radius 1 is 1.00 bits per heavy atom. The lowest BCUT2D eigenvalue weighted by Gasteiger charge is -2.25. The highest BCUT2D eigenvalue weighted by molar-refractivity contribution is 6.07. The van der Waals surface area contributed by atoms with E-state index in [0.717, 1.165) is 31.2 Å². The molecule has 0 aliphatic heterocycles. The first kappa shape index (κ1) is 18.9. The fraction of sp³-hybridized carbons (Fsp3) is 0.381. The monoisotopic (exact) mass is 368 g/mol. The van der Waals surface area contributed by atoms with Crippen LogP contribution < -0.4 is 5.32 Å². The van der Waals surface area contributed by atoms with E-state index in [1.54, 1.807) is 6.07 Å². The minimum absolute atomic E-state index is 0.120. The van der Waals surface area contributed by atoms with Crippen molar-refractivity contribution in [3.63, 3.8) is 0 Å².